The number of nitrogens with zero attached hydrogens (tertiary/aromatic N) is 1. The van der Waals surface area contributed by atoms with E-state index in [0.29, 0.717) is 22.3 Å². The van der Waals surface area contributed by atoms with E-state index in [9.17, 15) is 4.79 Å². The van der Waals surface area contributed by atoms with Crippen LogP contribution in [0.3, 0.4) is 0 Å². The molecule has 1 N–H and O–H groups in total. The van der Waals surface area contributed by atoms with Gasteiger partial charge in [-0.2, -0.15) is 5.10 Å². The molecule has 0 unspecified atom stereocenters. The van der Waals surface area contributed by atoms with E-state index in [4.69, 9.17) is 20.8 Å². The van der Waals surface area contributed by atoms with Crippen LogP contribution < -0.4 is 10.2 Å². The number of hydrogen-bond donors (Lipinski definition) is 1. The molecule has 0 atom stereocenters. The Morgan fingerprint density at radius 1 is 1.08 bits per heavy atom. The van der Waals surface area contributed by atoms with Crippen molar-refractivity contribution >= 4 is 23.7 Å². The molecule has 6 heteroatoms. The summed E-state index contributed by atoms with van der Waals surface area (Å²) < 4.78 is 11.0. The number of benzene rings is 2. The average Bonchev–Trinajstić information content (AvgIpc) is 3.10. The highest BCUT2D eigenvalue weighted by atomic mass is 35.5. The van der Waals surface area contributed by atoms with E-state index >= 15 is 0 Å². The number of carbonyl (C=O) groups excluding carboxylic acids is 1. The summed E-state index contributed by atoms with van der Waals surface area (Å²) >= 11 is 5.87. The number of para-hydroxylation sites is 1. The minimum atomic E-state index is -0.357. The number of amides is 1. The maximum absolute atomic E-state index is 11.7. The van der Waals surface area contributed by atoms with Crippen LogP contribution in [0.25, 0.3) is 11.3 Å². The maximum atomic E-state index is 11.7. The quantitative estimate of drug-likeness (QED) is 0.534. The molecule has 0 aliphatic rings. The molecule has 1 heterocycles. The van der Waals surface area contributed by atoms with Crippen molar-refractivity contribution in [1.82, 2.24) is 5.43 Å². The van der Waals surface area contributed by atoms with Crippen LogP contribution in [0.15, 0.2) is 76.2 Å². The second kappa shape index (κ2) is 8.17. The summed E-state index contributed by atoms with van der Waals surface area (Å²) in [6.45, 7) is -0.116. The Balaban J connectivity index is 1.50. The summed E-state index contributed by atoms with van der Waals surface area (Å²) in [5, 5.41) is 4.52. The van der Waals surface area contributed by atoms with Crippen LogP contribution >= 0.6 is 11.6 Å². The Hall–Kier alpha value is -3.05. The first-order chi connectivity index (χ1) is 12.2. The molecule has 2 aromatic carbocycles. The fourth-order valence-corrected chi connectivity index (χ4v) is 2.18. The molecule has 0 saturated carbocycles. The van der Waals surface area contributed by atoms with Gasteiger partial charge in [-0.1, -0.05) is 29.8 Å². The molecule has 5 nitrogen and oxygen atoms in total. The van der Waals surface area contributed by atoms with Crippen LogP contribution in [0.5, 0.6) is 5.75 Å². The zero-order valence-corrected chi connectivity index (χ0v) is 13.9. The summed E-state index contributed by atoms with van der Waals surface area (Å²) in [5.74, 6) is 1.48. The van der Waals surface area contributed by atoms with Crippen molar-refractivity contribution in [2.24, 2.45) is 5.10 Å². The van der Waals surface area contributed by atoms with Gasteiger partial charge in [-0.3, -0.25) is 4.79 Å². The van der Waals surface area contributed by atoms with Crippen LogP contribution in [0.1, 0.15) is 5.76 Å². The van der Waals surface area contributed by atoms with Gasteiger partial charge in [0.15, 0.2) is 6.61 Å². The topological polar surface area (TPSA) is 63.8 Å². The summed E-state index contributed by atoms with van der Waals surface area (Å²) in [6, 6.07) is 20.0. The molecule has 0 radical (unpaired) electrons. The third-order valence-electron chi connectivity index (χ3n) is 3.25. The van der Waals surface area contributed by atoms with Crippen LogP contribution in [0, 0.1) is 0 Å². The number of halogens is 1. The van der Waals surface area contributed by atoms with E-state index in [1.165, 1.54) is 6.21 Å². The monoisotopic (exact) mass is 354 g/mol. The van der Waals surface area contributed by atoms with Gasteiger partial charge < -0.3 is 9.15 Å². The van der Waals surface area contributed by atoms with Crippen molar-refractivity contribution in [1.29, 1.82) is 0 Å². The lowest BCUT2D eigenvalue weighted by Crippen LogP contribution is -2.24. The van der Waals surface area contributed by atoms with E-state index in [2.05, 4.69) is 10.5 Å². The number of furan rings is 1. The Morgan fingerprint density at radius 3 is 2.60 bits per heavy atom. The fraction of sp³-hybridized carbons (Fsp3) is 0.0526. The molecule has 3 rings (SSSR count). The second-order valence-electron chi connectivity index (χ2n) is 5.10. The maximum Gasteiger partial charge on any atom is 0.277 e. The number of nitrogens with one attached hydrogen (secondary N) is 1. The zero-order valence-electron chi connectivity index (χ0n) is 13.2. The van der Waals surface area contributed by atoms with Gasteiger partial charge in [0.05, 0.1) is 6.21 Å². The van der Waals surface area contributed by atoms with Gasteiger partial charge in [-0.05, 0) is 48.5 Å². The van der Waals surface area contributed by atoms with Crippen LogP contribution in [0.2, 0.25) is 5.02 Å². The van der Waals surface area contributed by atoms with Gasteiger partial charge in [-0.15, -0.1) is 0 Å². The molecule has 0 spiro atoms. The Labute approximate surface area is 149 Å². The van der Waals surface area contributed by atoms with Gasteiger partial charge >= 0.3 is 0 Å². The van der Waals surface area contributed by atoms with Crippen molar-refractivity contribution < 1.29 is 13.9 Å². The van der Waals surface area contributed by atoms with Crippen molar-refractivity contribution in [2.45, 2.75) is 0 Å². The number of hydrazone groups is 1. The molecule has 1 amide bonds. The number of carbonyl (C=O) groups is 1. The Bertz CT molecular complexity index is 858. The first kappa shape index (κ1) is 16.8. The van der Waals surface area contributed by atoms with Gasteiger partial charge in [0.2, 0.25) is 0 Å². The predicted molar refractivity (Wildman–Crippen MR) is 96.8 cm³/mol. The lowest BCUT2D eigenvalue weighted by molar-refractivity contribution is -0.123. The minimum absolute atomic E-state index is 0.116. The molecule has 0 saturated heterocycles. The van der Waals surface area contributed by atoms with Crippen LogP contribution in [-0.4, -0.2) is 18.7 Å². The van der Waals surface area contributed by atoms with Gasteiger partial charge in [0, 0.05) is 10.6 Å². The third-order valence-corrected chi connectivity index (χ3v) is 3.50. The number of ether oxygens (including phenoxy) is 1. The third kappa shape index (κ3) is 4.96. The molecular formula is C19H15ClN2O3. The molecule has 0 aliphatic carbocycles. The van der Waals surface area contributed by atoms with Gasteiger partial charge in [-0.25, -0.2) is 5.43 Å². The van der Waals surface area contributed by atoms with Crippen molar-refractivity contribution in [3.63, 3.8) is 0 Å². The van der Waals surface area contributed by atoms with E-state index in [-0.39, 0.29) is 12.5 Å². The first-order valence-electron chi connectivity index (χ1n) is 7.56. The smallest absolute Gasteiger partial charge is 0.277 e. The molecule has 0 fully saturated rings. The molecule has 0 bridgehead atoms. The predicted octanol–water partition coefficient (Wildman–Crippen LogP) is 4.13. The largest absolute Gasteiger partial charge is 0.484 e. The first-order valence-corrected chi connectivity index (χ1v) is 7.94. The second-order valence-corrected chi connectivity index (χ2v) is 5.54. The SMILES string of the molecule is O=C(COc1ccccc1)NN=Cc1ccc(-c2ccc(Cl)cc2)o1. The molecule has 126 valence electrons. The normalized spacial score (nSPS) is 10.8. The van der Waals surface area contributed by atoms with E-state index in [1.54, 1.807) is 30.3 Å². The Kier molecular flexibility index (Phi) is 5.49. The number of rotatable bonds is 6. The van der Waals surface area contributed by atoms with E-state index in [0.717, 1.165) is 5.56 Å². The van der Waals surface area contributed by atoms with Crippen molar-refractivity contribution in [3.8, 4) is 17.1 Å². The zero-order chi connectivity index (χ0) is 17.5. The summed E-state index contributed by atoms with van der Waals surface area (Å²) in [7, 11) is 0. The van der Waals surface area contributed by atoms with Crippen molar-refractivity contribution in [3.05, 3.63) is 77.5 Å². The fourth-order valence-electron chi connectivity index (χ4n) is 2.06. The Morgan fingerprint density at radius 2 is 1.84 bits per heavy atom. The van der Waals surface area contributed by atoms with Gasteiger partial charge in [0.25, 0.3) is 5.91 Å². The van der Waals surface area contributed by atoms with Crippen molar-refractivity contribution in [2.75, 3.05) is 6.61 Å². The highest BCUT2D eigenvalue weighted by Gasteiger charge is 2.04. The van der Waals surface area contributed by atoms with Gasteiger partial charge in [0.1, 0.15) is 17.3 Å². The minimum Gasteiger partial charge on any atom is -0.484 e. The molecular weight excluding hydrogens is 340 g/mol. The standard InChI is InChI=1S/C19H15ClN2O3/c20-15-8-6-14(7-9-15)18-11-10-17(25-18)12-21-22-19(23)13-24-16-4-2-1-3-5-16/h1-12H,13H2,(H,22,23). The van der Waals surface area contributed by atoms with Crippen LogP contribution in [0.4, 0.5) is 0 Å². The molecule has 1 aromatic heterocycles. The summed E-state index contributed by atoms with van der Waals surface area (Å²) in [6.07, 6.45) is 1.43. The lowest BCUT2D eigenvalue weighted by atomic mass is 10.2. The number of hydrogen-bond acceptors (Lipinski definition) is 4. The summed E-state index contributed by atoms with van der Waals surface area (Å²) in [5.41, 5.74) is 3.29. The highest BCUT2D eigenvalue weighted by Crippen LogP contribution is 2.23. The highest BCUT2D eigenvalue weighted by molar-refractivity contribution is 6.30. The average molecular weight is 355 g/mol. The molecule has 0 aliphatic heterocycles. The lowest BCUT2D eigenvalue weighted by Gasteiger charge is -2.03. The summed E-state index contributed by atoms with van der Waals surface area (Å²) in [4.78, 5) is 11.7. The van der Waals surface area contributed by atoms with E-state index < -0.39 is 0 Å². The van der Waals surface area contributed by atoms with E-state index in [1.807, 2.05) is 36.4 Å². The molecule has 25 heavy (non-hydrogen) atoms. The molecule has 3 aromatic rings. The van der Waals surface area contributed by atoms with Crippen LogP contribution in [-0.2, 0) is 4.79 Å².